The molecule has 100 valence electrons. The maximum absolute atomic E-state index is 5.99. The van der Waals surface area contributed by atoms with Crippen LogP contribution in [-0.2, 0) is 12.8 Å². The molecule has 3 rings (SSSR count). The van der Waals surface area contributed by atoms with E-state index in [-0.39, 0.29) is 0 Å². The monoisotopic (exact) mass is 247 g/mol. The third-order valence-corrected chi connectivity index (χ3v) is 4.85. The Morgan fingerprint density at radius 2 is 1.94 bits per heavy atom. The molecule has 0 amide bonds. The number of nitrogens with two attached hydrogens (primary N) is 1. The predicted octanol–water partition coefficient (Wildman–Crippen LogP) is 2.76. The molecular weight excluding hydrogens is 222 g/mol. The van der Waals surface area contributed by atoms with Gasteiger partial charge < -0.3 is 10.3 Å². The van der Waals surface area contributed by atoms with Crippen LogP contribution in [0.2, 0.25) is 0 Å². The number of aryl methyl sites for hydroxylation is 2. The Hall–Kier alpha value is -0.830. The molecule has 3 heteroatoms. The highest BCUT2D eigenvalue weighted by Gasteiger charge is 2.30. The van der Waals surface area contributed by atoms with Gasteiger partial charge in [-0.25, -0.2) is 4.98 Å². The van der Waals surface area contributed by atoms with Gasteiger partial charge in [0, 0.05) is 11.7 Å². The highest BCUT2D eigenvalue weighted by atomic mass is 15.1. The van der Waals surface area contributed by atoms with Crippen LogP contribution in [0, 0.1) is 12.8 Å². The lowest BCUT2D eigenvalue weighted by atomic mass is 9.84. The van der Waals surface area contributed by atoms with Crippen molar-refractivity contribution in [3.63, 3.8) is 0 Å². The van der Waals surface area contributed by atoms with Gasteiger partial charge in [0.25, 0.3) is 0 Å². The first-order valence-corrected chi connectivity index (χ1v) is 7.58. The lowest BCUT2D eigenvalue weighted by molar-refractivity contribution is 0.237. The van der Waals surface area contributed by atoms with Crippen LogP contribution in [-0.4, -0.2) is 16.1 Å². The number of hydrogen-bond acceptors (Lipinski definition) is 2. The summed E-state index contributed by atoms with van der Waals surface area (Å²) in [4.78, 5) is 4.82. The van der Waals surface area contributed by atoms with Gasteiger partial charge in [-0.05, 0) is 57.9 Å². The molecule has 2 aliphatic rings. The molecule has 3 nitrogen and oxygen atoms in total. The molecule has 18 heavy (non-hydrogen) atoms. The number of aromatic nitrogens is 2. The Balaban J connectivity index is 1.97. The van der Waals surface area contributed by atoms with E-state index in [1.807, 2.05) is 0 Å². The van der Waals surface area contributed by atoms with E-state index in [0.717, 1.165) is 6.54 Å². The largest absolute Gasteiger partial charge is 0.330 e. The second kappa shape index (κ2) is 5.04. The third-order valence-electron chi connectivity index (χ3n) is 4.85. The van der Waals surface area contributed by atoms with E-state index in [2.05, 4.69) is 11.5 Å². The zero-order valence-electron chi connectivity index (χ0n) is 11.5. The Morgan fingerprint density at radius 3 is 2.78 bits per heavy atom. The molecule has 0 saturated heterocycles. The summed E-state index contributed by atoms with van der Waals surface area (Å²) in [5.41, 5.74) is 8.90. The average molecular weight is 247 g/mol. The van der Waals surface area contributed by atoms with Gasteiger partial charge in [0.05, 0.1) is 5.69 Å². The highest BCUT2D eigenvalue weighted by Crippen LogP contribution is 2.37. The van der Waals surface area contributed by atoms with Gasteiger partial charge in [0.15, 0.2) is 0 Å². The maximum atomic E-state index is 5.99. The normalized spacial score (nSPS) is 28.1. The summed E-state index contributed by atoms with van der Waals surface area (Å²) in [5.74, 6) is 1.89. The molecule has 0 bridgehead atoms. The summed E-state index contributed by atoms with van der Waals surface area (Å²) in [7, 11) is 0. The van der Waals surface area contributed by atoms with Crippen molar-refractivity contribution in [3.8, 4) is 0 Å². The van der Waals surface area contributed by atoms with Crippen molar-refractivity contribution >= 4 is 0 Å². The fourth-order valence-corrected chi connectivity index (χ4v) is 3.94. The molecule has 2 unspecified atom stereocenters. The molecular formula is C15H25N3. The van der Waals surface area contributed by atoms with E-state index in [9.17, 15) is 0 Å². The summed E-state index contributed by atoms with van der Waals surface area (Å²) in [5, 5.41) is 0. The average Bonchev–Trinajstić information content (AvgIpc) is 2.74. The Labute approximate surface area is 110 Å². The zero-order valence-corrected chi connectivity index (χ0v) is 11.5. The van der Waals surface area contributed by atoms with Gasteiger partial charge in [0.2, 0.25) is 0 Å². The molecule has 0 radical (unpaired) electrons. The van der Waals surface area contributed by atoms with Gasteiger partial charge in [0.1, 0.15) is 5.82 Å². The van der Waals surface area contributed by atoms with Crippen LogP contribution in [0.4, 0.5) is 0 Å². The van der Waals surface area contributed by atoms with Crippen molar-refractivity contribution in [1.29, 1.82) is 0 Å². The van der Waals surface area contributed by atoms with Crippen LogP contribution in [0.3, 0.4) is 0 Å². The van der Waals surface area contributed by atoms with Crippen molar-refractivity contribution in [2.75, 3.05) is 6.54 Å². The number of imidazole rings is 1. The summed E-state index contributed by atoms with van der Waals surface area (Å²) in [6.45, 7) is 3.01. The van der Waals surface area contributed by atoms with Crippen LogP contribution in [0.25, 0.3) is 0 Å². The summed E-state index contributed by atoms with van der Waals surface area (Å²) in [6.07, 6.45) is 10.4. The Morgan fingerprint density at radius 1 is 1.17 bits per heavy atom. The minimum absolute atomic E-state index is 0.623. The SMILES string of the molecule is Cc1nc2c(n1C1CCCCC1CN)CCCC2. The molecule has 1 saturated carbocycles. The van der Waals surface area contributed by atoms with E-state index < -0.39 is 0 Å². The molecule has 1 heterocycles. The van der Waals surface area contributed by atoms with Crippen molar-refractivity contribution in [1.82, 2.24) is 9.55 Å². The molecule has 1 aromatic heterocycles. The quantitative estimate of drug-likeness (QED) is 0.873. The molecule has 2 aliphatic carbocycles. The molecule has 1 aromatic rings. The number of fused-ring (bicyclic) bond motifs is 1. The lowest BCUT2D eigenvalue weighted by Crippen LogP contribution is -2.31. The van der Waals surface area contributed by atoms with E-state index in [1.54, 1.807) is 0 Å². The van der Waals surface area contributed by atoms with E-state index in [0.29, 0.717) is 12.0 Å². The standard InChI is InChI=1S/C15H25N3/c1-11-17-13-7-3-5-9-15(13)18(11)14-8-4-2-6-12(14)10-16/h12,14H,2-10,16H2,1H3. The minimum atomic E-state index is 0.623. The van der Waals surface area contributed by atoms with Crippen LogP contribution < -0.4 is 5.73 Å². The number of hydrogen-bond donors (Lipinski definition) is 1. The first kappa shape index (κ1) is 12.2. The zero-order chi connectivity index (χ0) is 12.5. The summed E-state index contributed by atoms with van der Waals surface area (Å²) < 4.78 is 2.56. The second-order valence-electron chi connectivity index (χ2n) is 5.98. The highest BCUT2D eigenvalue weighted by molar-refractivity contribution is 5.21. The lowest BCUT2D eigenvalue weighted by Gasteiger charge is -2.34. The molecule has 0 aromatic carbocycles. The maximum Gasteiger partial charge on any atom is 0.106 e. The molecule has 2 atom stereocenters. The topological polar surface area (TPSA) is 43.8 Å². The minimum Gasteiger partial charge on any atom is -0.330 e. The predicted molar refractivity (Wildman–Crippen MR) is 73.7 cm³/mol. The van der Waals surface area contributed by atoms with Gasteiger partial charge in [-0.2, -0.15) is 0 Å². The number of nitrogens with zero attached hydrogens (tertiary/aromatic N) is 2. The molecule has 2 N–H and O–H groups in total. The fraction of sp³-hybridized carbons (Fsp3) is 0.800. The Kier molecular flexibility index (Phi) is 3.42. The van der Waals surface area contributed by atoms with Gasteiger partial charge in [-0.1, -0.05) is 12.8 Å². The van der Waals surface area contributed by atoms with Gasteiger partial charge >= 0.3 is 0 Å². The van der Waals surface area contributed by atoms with Crippen molar-refractivity contribution in [3.05, 3.63) is 17.2 Å². The van der Waals surface area contributed by atoms with Gasteiger partial charge in [-0.3, -0.25) is 0 Å². The van der Waals surface area contributed by atoms with E-state index in [4.69, 9.17) is 10.7 Å². The van der Waals surface area contributed by atoms with Crippen LogP contribution in [0.1, 0.15) is 61.8 Å². The smallest absolute Gasteiger partial charge is 0.106 e. The van der Waals surface area contributed by atoms with E-state index >= 15 is 0 Å². The van der Waals surface area contributed by atoms with Crippen molar-refractivity contribution in [2.24, 2.45) is 11.7 Å². The van der Waals surface area contributed by atoms with Crippen LogP contribution >= 0.6 is 0 Å². The fourth-order valence-electron chi connectivity index (χ4n) is 3.94. The first-order valence-electron chi connectivity index (χ1n) is 7.58. The van der Waals surface area contributed by atoms with Crippen molar-refractivity contribution in [2.45, 2.75) is 64.3 Å². The van der Waals surface area contributed by atoms with Crippen molar-refractivity contribution < 1.29 is 0 Å². The summed E-state index contributed by atoms with van der Waals surface area (Å²) >= 11 is 0. The van der Waals surface area contributed by atoms with Crippen LogP contribution in [0.5, 0.6) is 0 Å². The van der Waals surface area contributed by atoms with Crippen LogP contribution in [0.15, 0.2) is 0 Å². The molecule has 0 aliphatic heterocycles. The molecule has 0 spiro atoms. The molecule has 1 fully saturated rings. The van der Waals surface area contributed by atoms with Gasteiger partial charge in [-0.15, -0.1) is 0 Å². The Bertz CT molecular complexity index is 422. The third kappa shape index (κ3) is 1.99. The first-order chi connectivity index (χ1) is 8.81. The second-order valence-corrected chi connectivity index (χ2v) is 5.98. The summed E-state index contributed by atoms with van der Waals surface area (Å²) in [6, 6.07) is 0.623. The number of rotatable bonds is 2. The van der Waals surface area contributed by atoms with E-state index in [1.165, 1.54) is 68.6 Å².